The Labute approximate surface area is 78.0 Å². The van der Waals surface area contributed by atoms with Crippen LogP contribution in [0.1, 0.15) is 32.1 Å². The van der Waals surface area contributed by atoms with E-state index in [0.717, 1.165) is 12.8 Å². The molecule has 0 aromatic carbocycles. The lowest BCUT2D eigenvalue weighted by Crippen LogP contribution is -2.29. The van der Waals surface area contributed by atoms with Crippen molar-refractivity contribution in [2.45, 2.75) is 37.2 Å². The minimum absolute atomic E-state index is 0.382. The molecule has 1 saturated carbocycles. The van der Waals surface area contributed by atoms with E-state index in [1.165, 1.54) is 19.3 Å². The first-order chi connectivity index (χ1) is 5.27. The molecule has 11 heavy (non-hydrogen) atoms. The van der Waals surface area contributed by atoms with Gasteiger partial charge in [0, 0.05) is 5.88 Å². The number of ether oxygens (including phenoxy) is 1. The van der Waals surface area contributed by atoms with E-state index < -0.39 is 0 Å². The average Bonchev–Trinajstić information content (AvgIpc) is 2.03. The Morgan fingerprint density at radius 1 is 1.18 bits per heavy atom. The van der Waals surface area contributed by atoms with Crippen LogP contribution in [0, 0.1) is 0 Å². The van der Waals surface area contributed by atoms with Gasteiger partial charge in [-0.15, -0.1) is 11.6 Å². The van der Waals surface area contributed by atoms with Gasteiger partial charge in [-0.1, -0.05) is 18.0 Å². The zero-order valence-corrected chi connectivity index (χ0v) is 8.13. The van der Waals surface area contributed by atoms with Gasteiger partial charge < -0.3 is 4.74 Å². The zero-order chi connectivity index (χ0) is 8.16. The highest BCUT2D eigenvalue weighted by Crippen LogP contribution is 2.34. The normalized spacial score (nSPS) is 23.5. The molecule has 1 nitrogen and oxygen atoms in total. The summed E-state index contributed by atoms with van der Waals surface area (Å²) in [5.74, 6) is 0.536. The Morgan fingerprint density at radius 2 is 1.82 bits per heavy atom. The molecule has 0 aromatic heterocycles. The van der Waals surface area contributed by atoms with Crippen molar-refractivity contribution in [2.75, 3.05) is 12.5 Å². The topological polar surface area (TPSA) is 9.23 Å². The van der Waals surface area contributed by atoms with Gasteiger partial charge in [-0.25, -0.2) is 0 Å². The minimum atomic E-state index is -0.382. The third-order valence-corrected chi connectivity index (χ3v) is 2.68. The second-order valence-corrected chi connectivity index (χ2v) is 4.05. The molecule has 0 radical (unpaired) electrons. The molecule has 1 rings (SSSR count). The number of alkyl halides is 2. The van der Waals surface area contributed by atoms with Crippen LogP contribution in [-0.2, 0) is 4.74 Å². The molecule has 1 aliphatic rings. The molecule has 66 valence electrons. The highest BCUT2D eigenvalue weighted by Gasteiger charge is 2.29. The highest BCUT2D eigenvalue weighted by atomic mass is 35.5. The second-order valence-electron chi connectivity index (χ2n) is 2.98. The first kappa shape index (κ1) is 9.63. The van der Waals surface area contributed by atoms with Gasteiger partial charge in [-0.2, -0.15) is 0 Å². The van der Waals surface area contributed by atoms with Gasteiger partial charge >= 0.3 is 0 Å². The van der Waals surface area contributed by atoms with Crippen LogP contribution >= 0.6 is 23.2 Å². The molecule has 0 aromatic rings. The molecular formula is C8H14Cl2O. The van der Waals surface area contributed by atoms with Crippen LogP contribution in [0.15, 0.2) is 0 Å². The molecule has 0 amide bonds. The van der Waals surface area contributed by atoms with Crippen LogP contribution in [0.3, 0.4) is 0 Å². The highest BCUT2D eigenvalue weighted by molar-refractivity contribution is 6.23. The maximum Gasteiger partial charge on any atom is 0.141 e. The molecule has 0 unspecified atom stereocenters. The largest absolute Gasteiger partial charge is 0.359 e. The fourth-order valence-corrected chi connectivity index (χ4v) is 1.87. The van der Waals surface area contributed by atoms with Crippen LogP contribution in [0.4, 0.5) is 0 Å². The summed E-state index contributed by atoms with van der Waals surface area (Å²) in [6, 6.07) is 0. The minimum Gasteiger partial charge on any atom is -0.359 e. The summed E-state index contributed by atoms with van der Waals surface area (Å²) in [6.07, 6.45) is 5.62. The summed E-state index contributed by atoms with van der Waals surface area (Å²) in [5, 5.41) is -0.382. The van der Waals surface area contributed by atoms with Crippen molar-refractivity contribution in [1.82, 2.24) is 0 Å². The lowest BCUT2D eigenvalue weighted by molar-refractivity contribution is 0.00249. The fraction of sp³-hybridized carbons (Fsp3) is 1.00. The number of hydrogen-bond donors (Lipinski definition) is 0. The average molecular weight is 197 g/mol. The molecule has 0 atom stereocenters. The number of hydrogen-bond acceptors (Lipinski definition) is 1. The molecular weight excluding hydrogens is 183 g/mol. The van der Waals surface area contributed by atoms with E-state index >= 15 is 0 Å². The van der Waals surface area contributed by atoms with Crippen LogP contribution in [0.5, 0.6) is 0 Å². The van der Waals surface area contributed by atoms with Gasteiger partial charge in [0.05, 0.1) is 6.61 Å². The molecule has 1 aliphatic carbocycles. The smallest absolute Gasteiger partial charge is 0.141 e. The maximum absolute atomic E-state index is 6.17. The van der Waals surface area contributed by atoms with E-state index in [9.17, 15) is 0 Å². The van der Waals surface area contributed by atoms with Gasteiger partial charge in [-0.05, 0) is 25.7 Å². The van der Waals surface area contributed by atoms with Crippen molar-refractivity contribution in [1.29, 1.82) is 0 Å². The van der Waals surface area contributed by atoms with Gasteiger partial charge in [0.1, 0.15) is 5.06 Å². The number of rotatable bonds is 3. The summed E-state index contributed by atoms with van der Waals surface area (Å²) >= 11 is 11.7. The quantitative estimate of drug-likeness (QED) is 0.631. The first-order valence-electron chi connectivity index (χ1n) is 4.16. The number of halogens is 2. The second kappa shape index (κ2) is 4.54. The Kier molecular flexibility index (Phi) is 3.97. The summed E-state index contributed by atoms with van der Waals surface area (Å²) in [6.45, 7) is 0.574. The summed E-state index contributed by atoms with van der Waals surface area (Å²) in [4.78, 5) is 0. The molecule has 0 saturated heterocycles. The van der Waals surface area contributed by atoms with Crippen LogP contribution in [-0.4, -0.2) is 17.5 Å². The predicted molar refractivity (Wildman–Crippen MR) is 48.3 cm³/mol. The Balaban J connectivity index is 2.25. The Bertz CT molecular complexity index is 111. The van der Waals surface area contributed by atoms with Crippen molar-refractivity contribution in [3.63, 3.8) is 0 Å². The standard InChI is InChI=1S/C8H14Cl2O/c9-6-7-11-8(10)4-2-1-3-5-8/h1-7H2. The first-order valence-corrected chi connectivity index (χ1v) is 5.07. The summed E-state index contributed by atoms with van der Waals surface area (Å²) in [7, 11) is 0. The third-order valence-electron chi connectivity index (χ3n) is 2.04. The lowest BCUT2D eigenvalue weighted by Gasteiger charge is -2.30. The van der Waals surface area contributed by atoms with E-state index in [0.29, 0.717) is 12.5 Å². The van der Waals surface area contributed by atoms with Crippen LogP contribution in [0.2, 0.25) is 0 Å². The molecule has 0 heterocycles. The van der Waals surface area contributed by atoms with E-state index in [4.69, 9.17) is 27.9 Å². The molecule has 0 aliphatic heterocycles. The Morgan fingerprint density at radius 3 is 2.36 bits per heavy atom. The van der Waals surface area contributed by atoms with Crippen molar-refractivity contribution in [3.8, 4) is 0 Å². The third kappa shape index (κ3) is 3.18. The summed E-state index contributed by atoms with van der Waals surface area (Å²) in [5.41, 5.74) is 0. The fourth-order valence-electron chi connectivity index (χ4n) is 1.45. The lowest BCUT2D eigenvalue weighted by atomic mass is 9.97. The van der Waals surface area contributed by atoms with Crippen LogP contribution < -0.4 is 0 Å². The van der Waals surface area contributed by atoms with Crippen LogP contribution in [0.25, 0.3) is 0 Å². The van der Waals surface area contributed by atoms with E-state index in [2.05, 4.69) is 0 Å². The Hall–Kier alpha value is 0.540. The SMILES string of the molecule is ClCCOC1(Cl)CCCCC1. The summed E-state index contributed by atoms with van der Waals surface area (Å²) < 4.78 is 5.45. The monoisotopic (exact) mass is 196 g/mol. The van der Waals surface area contributed by atoms with E-state index in [-0.39, 0.29) is 5.06 Å². The van der Waals surface area contributed by atoms with E-state index in [1.807, 2.05) is 0 Å². The predicted octanol–water partition coefficient (Wildman–Crippen LogP) is 3.14. The van der Waals surface area contributed by atoms with Crippen molar-refractivity contribution in [2.24, 2.45) is 0 Å². The van der Waals surface area contributed by atoms with Crippen molar-refractivity contribution >= 4 is 23.2 Å². The van der Waals surface area contributed by atoms with Gasteiger partial charge in [-0.3, -0.25) is 0 Å². The van der Waals surface area contributed by atoms with Crippen molar-refractivity contribution in [3.05, 3.63) is 0 Å². The van der Waals surface area contributed by atoms with Gasteiger partial charge in [0.25, 0.3) is 0 Å². The zero-order valence-electron chi connectivity index (χ0n) is 6.61. The molecule has 1 fully saturated rings. The molecule has 0 spiro atoms. The van der Waals surface area contributed by atoms with Gasteiger partial charge in [0.15, 0.2) is 0 Å². The van der Waals surface area contributed by atoms with Crippen molar-refractivity contribution < 1.29 is 4.74 Å². The van der Waals surface area contributed by atoms with E-state index in [1.54, 1.807) is 0 Å². The van der Waals surface area contributed by atoms with Gasteiger partial charge in [0.2, 0.25) is 0 Å². The molecule has 3 heteroatoms. The molecule has 0 N–H and O–H groups in total. The maximum atomic E-state index is 6.17. The molecule has 0 bridgehead atoms.